The zero-order valence-electron chi connectivity index (χ0n) is 16.1. The van der Waals surface area contributed by atoms with E-state index in [1.54, 1.807) is 0 Å². The number of allylic oxidation sites excluding steroid dienone is 2. The Morgan fingerprint density at radius 3 is 1.39 bits per heavy atom. The van der Waals surface area contributed by atoms with E-state index in [0.717, 1.165) is 22.3 Å². The lowest BCUT2D eigenvalue weighted by Gasteiger charge is -2.10. The Morgan fingerprint density at radius 1 is 0.679 bits per heavy atom. The highest BCUT2D eigenvalue weighted by atomic mass is 16.5. The minimum Gasteiger partial charge on any atom is -0.461 e. The van der Waals surface area contributed by atoms with Crippen LogP contribution in [-0.4, -0.2) is 11.9 Å². The molecule has 146 valence electrons. The van der Waals surface area contributed by atoms with Crippen LogP contribution in [0.5, 0.6) is 0 Å². The quantitative estimate of drug-likeness (QED) is 0.420. The summed E-state index contributed by atoms with van der Waals surface area (Å²) < 4.78 is 10.6. The van der Waals surface area contributed by atoms with Gasteiger partial charge in [0.05, 0.1) is 12.8 Å². The first kappa shape index (κ1) is 21.2. The SMILES string of the molecule is C=CCc1ccccc1COC(=O)CCC(=O)OCc1ccccc1CC=C. The van der Waals surface area contributed by atoms with Gasteiger partial charge >= 0.3 is 11.9 Å². The molecule has 2 aromatic rings. The van der Waals surface area contributed by atoms with Crippen molar-refractivity contribution in [1.82, 2.24) is 0 Å². The minimum absolute atomic E-state index is 0.00321. The van der Waals surface area contributed by atoms with E-state index in [9.17, 15) is 9.59 Å². The molecule has 0 aliphatic heterocycles. The average molecular weight is 378 g/mol. The predicted molar refractivity (Wildman–Crippen MR) is 110 cm³/mol. The number of carbonyl (C=O) groups is 2. The summed E-state index contributed by atoms with van der Waals surface area (Å²) in [4.78, 5) is 23.9. The van der Waals surface area contributed by atoms with Gasteiger partial charge in [-0.15, -0.1) is 13.2 Å². The minimum atomic E-state index is -0.419. The third-order valence-electron chi connectivity index (χ3n) is 4.28. The Labute approximate surface area is 166 Å². The number of hydrogen-bond acceptors (Lipinski definition) is 4. The fraction of sp³-hybridized carbons (Fsp3) is 0.250. The topological polar surface area (TPSA) is 52.6 Å². The number of benzene rings is 2. The Balaban J connectivity index is 1.75. The molecule has 0 radical (unpaired) electrons. The summed E-state index contributed by atoms with van der Waals surface area (Å²) in [5, 5.41) is 0. The molecule has 4 heteroatoms. The Morgan fingerprint density at radius 2 is 1.04 bits per heavy atom. The Bertz CT molecular complexity index is 753. The number of ether oxygens (including phenoxy) is 2. The highest BCUT2D eigenvalue weighted by Gasteiger charge is 2.11. The van der Waals surface area contributed by atoms with Crippen molar-refractivity contribution in [2.24, 2.45) is 0 Å². The molecule has 0 bridgehead atoms. The largest absolute Gasteiger partial charge is 0.461 e. The van der Waals surface area contributed by atoms with E-state index in [1.807, 2.05) is 60.7 Å². The molecular weight excluding hydrogens is 352 g/mol. The van der Waals surface area contributed by atoms with Crippen LogP contribution >= 0.6 is 0 Å². The van der Waals surface area contributed by atoms with Gasteiger partial charge < -0.3 is 9.47 Å². The molecule has 28 heavy (non-hydrogen) atoms. The molecule has 0 atom stereocenters. The number of rotatable bonds is 11. The fourth-order valence-corrected chi connectivity index (χ4v) is 2.77. The summed E-state index contributed by atoms with van der Waals surface area (Å²) in [6, 6.07) is 15.5. The second-order valence-electron chi connectivity index (χ2n) is 6.34. The van der Waals surface area contributed by atoms with Gasteiger partial charge in [-0.1, -0.05) is 60.7 Å². The normalized spacial score (nSPS) is 10.1. The molecule has 4 nitrogen and oxygen atoms in total. The highest BCUT2D eigenvalue weighted by molar-refractivity contribution is 5.77. The van der Waals surface area contributed by atoms with Gasteiger partial charge in [-0.3, -0.25) is 9.59 Å². The average Bonchev–Trinajstić information content (AvgIpc) is 2.71. The highest BCUT2D eigenvalue weighted by Crippen LogP contribution is 2.13. The second kappa shape index (κ2) is 11.5. The molecule has 2 rings (SSSR count). The van der Waals surface area contributed by atoms with E-state index in [0.29, 0.717) is 12.8 Å². The summed E-state index contributed by atoms with van der Waals surface area (Å²) in [7, 11) is 0. The molecule has 2 aromatic carbocycles. The molecule has 0 heterocycles. The van der Waals surface area contributed by atoms with E-state index in [1.165, 1.54) is 0 Å². The van der Waals surface area contributed by atoms with E-state index >= 15 is 0 Å². The van der Waals surface area contributed by atoms with Crippen LogP contribution in [0.15, 0.2) is 73.8 Å². The number of carbonyl (C=O) groups excluding carboxylic acids is 2. The zero-order chi connectivity index (χ0) is 20.2. The van der Waals surface area contributed by atoms with E-state index in [2.05, 4.69) is 13.2 Å². The molecule has 0 aliphatic carbocycles. The number of esters is 2. The van der Waals surface area contributed by atoms with Crippen molar-refractivity contribution in [2.75, 3.05) is 0 Å². The maximum Gasteiger partial charge on any atom is 0.306 e. The molecule has 0 N–H and O–H groups in total. The zero-order valence-corrected chi connectivity index (χ0v) is 16.1. The molecule has 0 amide bonds. The Kier molecular flexibility index (Phi) is 8.73. The summed E-state index contributed by atoms with van der Waals surface area (Å²) in [6.45, 7) is 7.84. The van der Waals surface area contributed by atoms with Gasteiger partial charge in [-0.25, -0.2) is 0 Å². The van der Waals surface area contributed by atoms with E-state index in [-0.39, 0.29) is 26.1 Å². The first-order valence-electron chi connectivity index (χ1n) is 9.30. The first-order chi connectivity index (χ1) is 13.6. The van der Waals surface area contributed by atoms with Crippen molar-refractivity contribution in [3.63, 3.8) is 0 Å². The van der Waals surface area contributed by atoms with Crippen molar-refractivity contribution < 1.29 is 19.1 Å². The number of hydrogen-bond donors (Lipinski definition) is 0. The predicted octanol–water partition coefficient (Wildman–Crippen LogP) is 4.71. The van der Waals surface area contributed by atoms with Gasteiger partial charge in [0.25, 0.3) is 0 Å². The molecule has 0 aliphatic rings. The van der Waals surface area contributed by atoms with Crippen LogP contribution in [0.25, 0.3) is 0 Å². The van der Waals surface area contributed by atoms with Crippen molar-refractivity contribution in [3.05, 3.63) is 96.1 Å². The van der Waals surface area contributed by atoms with E-state index in [4.69, 9.17) is 9.47 Å². The van der Waals surface area contributed by atoms with Gasteiger partial charge in [-0.05, 0) is 35.1 Å². The third-order valence-corrected chi connectivity index (χ3v) is 4.28. The maximum atomic E-state index is 11.9. The lowest BCUT2D eigenvalue weighted by Crippen LogP contribution is -2.11. The van der Waals surface area contributed by atoms with Gasteiger partial charge in [0.1, 0.15) is 13.2 Å². The van der Waals surface area contributed by atoms with Crippen LogP contribution < -0.4 is 0 Å². The van der Waals surface area contributed by atoms with Crippen LogP contribution in [-0.2, 0) is 45.1 Å². The summed E-state index contributed by atoms with van der Waals surface area (Å²) in [6.07, 6.45) is 5.04. The summed E-state index contributed by atoms with van der Waals surface area (Å²) in [5.41, 5.74) is 4.03. The van der Waals surface area contributed by atoms with Gasteiger partial charge in [0.15, 0.2) is 0 Å². The van der Waals surface area contributed by atoms with Gasteiger partial charge in [-0.2, -0.15) is 0 Å². The lowest BCUT2D eigenvalue weighted by atomic mass is 10.1. The molecule has 0 fully saturated rings. The first-order valence-corrected chi connectivity index (χ1v) is 9.30. The fourth-order valence-electron chi connectivity index (χ4n) is 2.77. The molecule has 0 saturated heterocycles. The molecule has 0 aromatic heterocycles. The van der Waals surface area contributed by atoms with Crippen LogP contribution in [0.3, 0.4) is 0 Å². The van der Waals surface area contributed by atoms with Crippen LogP contribution in [0.1, 0.15) is 35.1 Å². The standard InChI is InChI=1S/C24H26O4/c1-3-9-19-11-5-7-13-21(19)17-27-23(25)15-16-24(26)28-18-22-14-8-6-12-20(22)10-4-2/h3-8,11-14H,1-2,9-10,15-18H2. The summed E-state index contributed by atoms with van der Waals surface area (Å²) in [5.74, 6) is -0.838. The van der Waals surface area contributed by atoms with Crippen LogP contribution in [0.2, 0.25) is 0 Å². The molecule has 0 spiro atoms. The molecule has 0 saturated carbocycles. The van der Waals surface area contributed by atoms with Crippen molar-refractivity contribution >= 4 is 11.9 Å². The monoisotopic (exact) mass is 378 g/mol. The van der Waals surface area contributed by atoms with Crippen LogP contribution in [0.4, 0.5) is 0 Å². The van der Waals surface area contributed by atoms with Crippen molar-refractivity contribution in [3.8, 4) is 0 Å². The lowest BCUT2D eigenvalue weighted by molar-refractivity contribution is -0.151. The van der Waals surface area contributed by atoms with Gasteiger partial charge in [0, 0.05) is 0 Å². The van der Waals surface area contributed by atoms with Crippen LogP contribution in [0, 0.1) is 0 Å². The third kappa shape index (κ3) is 6.88. The molecule has 0 unspecified atom stereocenters. The molecular formula is C24H26O4. The maximum absolute atomic E-state index is 11.9. The van der Waals surface area contributed by atoms with Crippen molar-refractivity contribution in [1.29, 1.82) is 0 Å². The van der Waals surface area contributed by atoms with Gasteiger partial charge in [0.2, 0.25) is 0 Å². The second-order valence-corrected chi connectivity index (χ2v) is 6.34. The van der Waals surface area contributed by atoms with Crippen molar-refractivity contribution in [2.45, 2.75) is 38.9 Å². The Hall–Kier alpha value is -3.14. The smallest absolute Gasteiger partial charge is 0.306 e. The van der Waals surface area contributed by atoms with E-state index < -0.39 is 11.9 Å². The summed E-state index contributed by atoms with van der Waals surface area (Å²) >= 11 is 0.